The average Bonchev–Trinajstić information content (AvgIpc) is 2.19. The summed E-state index contributed by atoms with van der Waals surface area (Å²) in [5, 5.41) is 12.0. The first-order valence-electron chi connectivity index (χ1n) is 4.90. The maximum atomic E-state index is 12.0. The minimum atomic E-state index is -0.499. The zero-order valence-electron chi connectivity index (χ0n) is 9.65. The lowest BCUT2D eigenvalue weighted by molar-refractivity contribution is -0.542. The summed E-state index contributed by atoms with van der Waals surface area (Å²) in [7, 11) is 1.51. The highest BCUT2D eigenvalue weighted by molar-refractivity contribution is 5.90. The van der Waals surface area contributed by atoms with Crippen LogP contribution in [0.25, 0.3) is 0 Å². The van der Waals surface area contributed by atoms with Crippen molar-refractivity contribution in [3.63, 3.8) is 0 Å². The molecule has 0 amide bonds. The lowest BCUT2D eigenvalue weighted by Crippen LogP contribution is -2.34. The summed E-state index contributed by atoms with van der Waals surface area (Å²) in [6, 6.07) is 9.38. The molecule has 1 rings (SSSR count). The first kappa shape index (κ1) is 11.6. The molecule has 0 aromatic heterocycles. The summed E-state index contributed by atoms with van der Waals surface area (Å²) >= 11 is 0. The zero-order chi connectivity index (χ0) is 11.5. The molecule has 0 aliphatic carbocycles. The highest BCUT2D eigenvalue weighted by Crippen LogP contribution is 2.10. The van der Waals surface area contributed by atoms with E-state index < -0.39 is 5.54 Å². The molecule has 0 atom stereocenters. The van der Waals surface area contributed by atoms with Crippen LogP contribution in [-0.2, 0) is 4.74 Å². The van der Waals surface area contributed by atoms with Gasteiger partial charge in [0, 0.05) is 20.8 Å². The van der Waals surface area contributed by atoms with Gasteiger partial charge in [-0.3, -0.25) is 0 Å². The Morgan fingerprint density at radius 1 is 1.20 bits per heavy atom. The van der Waals surface area contributed by atoms with Crippen molar-refractivity contribution in [1.82, 2.24) is 0 Å². The van der Waals surface area contributed by atoms with E-state index in [1.165, 1.54) is 7.11 Å². The minimum absolute atomic E-state index is 0.350. The summed E-state index contributed by atoms with van der Waals surface area (Å²) < 4.78 is 6.05. The molecule has 3 heteroatoms. The number of hydroxylamine groups is 1. The van der Waals surface area contributed by atoms with Crippen molar-refractivity contribution < 1.29 is 9.48 Å². The van der Waals surface area contributed by atoms with E-state index in [0.717, 1.165) is 10.3 Å². The van der Waals surface area contributed by atoms with Gasteiger partial charge in [-0.15, -0.1) is 0 Å². The van der Waals surface area contributed by atoms with E-state index in [-0.39, 0.29) is 0 Å². The number of ether oxygens (including phenoxy) is 1. The van der Waals surface area contributed by atoms with Crippen molar-refractivity contribution in [2.45, 2.75) is 26.3 Å². The second-order valence-corrected chi connectivity index (χ2v) is 4.34. The number of nitrogens with zero attached hydrogens (tertiary/aromatic N) is 1. The predicted molar refractivity (Wildman–Crippen MR) is 60.9 cm³/mol. The maximum Gasteiger partial charge on any atom is 0.381 e. The van der Waals surface area contributed by atoms with Crippen molar-refractivity contribution >= 4 is 5.90 Å². The third-order valence-electron chi connectivity index (χ3n) is 2.01. The molecule has 3 nitrogen and oxygen atoms in total. The molecule has 1 aromatic rings. The second kappa shape index (κ2) is 4.34. The Morgan fingerprint density at radius 3 is 2.13 bits per heavy atom. The summed E-state index contributed by atoms with van der Waals surface area (Å²) in [5.74, 6) is 0.350. The fraction of sp³-hybridized carbons (Fsp3) is 0.417. The van der Waals surface area contributed by atoms with Gasteiger partial charge >= 0.3 is 5.90 Å². The summed E-state index contributed by atoms with van der Waals surface area (Å²) in [6.45, 7) is 5.55. The molecule has 0 spiro atoms. The fourth-order valence-corrected chi connectivity index (χ4v) is 1.20. The molecule has 0 fully saturated rings. The van der Waals surface area contributed by atoms with Gasteiger partial charge in [0.25, 0.3) is 0 Å². The van der Waals surface area contributed by atoms with Crippen LogP contribution < -0.4 is 0 Å². The van der Waals surface area contributed by atoms with E-state index in [4.69, 9.17) is 4.74 Å². The minimum Gasteiger partial charge on any atom is -0.621 e. The van der Waals surface area contributed by atoms with Gasteiger partial charge in [-0.25, -0.2) is 0 Å². The molecule has 0 aliphatic rings. The Balaban J connectivity index is 3.20. The molecule has 0 aliphatic heterocycles. The number of hydrogen-bond donors (Lipinski definition) is 0. The van der Waals surface area contributed by atoms with Crippen LogP contribution in [0.4, 0.5) is 0 Å². The lowest BCUT2D eigenvalue weighted by atomic mass is 10.1. The molecule has 82 valence electrons. The number of hydrogen-bond acceptors (Lipinski definition) is 2. The Kier molecular flexibility index (Phi) is 3.35. The van der Waals surface area contributed by atoms with Crippen molar-refractivity contribution in [3.8, 4) is 0 Å². The van der Waals surface area contributed by atoms with Gasteiger partial charge in [-0.1, -0.05) is 18.2 Å². The van der Waals surface area contributed by atoms with Crippen LogP contribution in [0.3, 0.4) is 0 Å². The van der Waals surface area contributed by atoms with Crippen LogP contribution in [0.1, 0.15) is 26.3 Å². The third kappa shape index (κ3) is 2.72. The van der Waals surface area contributed by atoms with Gasteiger partial charge in [0.2, 0.25) is 0 Å². The van der Waals surface area contributed by atoms with Gasteiger partial charge in [-0.2, -0.15) is 4.74 Å². The van der Waals surface area contributed by atoms with Gasteiger partial charge in [0.1, 0.15) is 0 Å². The summed E-state index contributed by atoms with van der Waals surface area (Å²) in [4.78, 5) is 0. The molecule has 15 heavy (non-hydrogen) atoms. The van der Waals surface area contributed by atoms with Crippen molar-refractivity contribution in [1.29, 1.82) is 0 Å². The van der Waals surface area contributed by atoms with Gasteiger partial charge in [-0.05, 0) is 12.1 Å². The highest BCUT2D eigenvalue weighted by atomic mass is 16.5. The Bertz CT molecular complexity index is 350. The van der Waals surface area contributed by atoms with Crippen LogP contribution in [0.2, 0.25) is 0 Å². The average molecular weight is 207 g/mol. The zero-order valence-corrected chi connectivity index (χ0v) is 9.65. The molecule has 1 aromatic carbocycles. The SMILES string of the molecule is CO/C(c1ccccc1)=[N+](/[O-])C(C)(C)C. The monoisotopic (exact) mass is 207 g/mol. The molecule has 0 saturated heterocycles. The Labute approximate surface area is 90.6 Å². The van der Waals surface area contributed by atoms with E-state index in [9.17, 15) is 5.21 Å². The van der Waals surface area contributed by atoms with Gasteiger partial charge in [0.15, 0.2) is 5.54 Å². The number of rotatable bonds is 1. The number of benzene rings is 1. The topological polar surface area (TPSA) is 35.3 Å². The van der Waals surface area contributed by atoms with E-state index >= 15 is 0 Å². The normalized spacial score (nSPS) is 13.3. The van der Waals surface area contributed by atoms with Crippen LogP contribution in [0, 0.1) is 5.21 Å². The molecule has 0 unspecified atom stereocenters. The summed E-state index contributed by atoms with van der Waals surface area (Å²) in [5.41, 5.74) is 0.297. The quantitative estimate of drug-likeness (QED) is 0.233. The standard InChI is InChI=1S/C12H17NO2/c1-12(2,3)13(14)11(15-4)10-8-6-5-7-9-10/h5-9H,1-4H3/b13-11+. The molecule has 0 bridgehead atoms. The van der Waals surface area contributed by atoms with Crippen molar-refractivity contribution in [2.75, 3.05) is 7.11 Å². The Morgan fingerprint density at radius 2 is 1.73 bits per heavy atom. The number of methoxy groups -OCH3 is 1. The van der Waals surface area contributed by atoms with E-state index in [1.54, 1.807) is 0 Å². The first-order chi connectivity index (χ1) is 6.96. The van der Waals surface area contributed by atoms with Gasteiger partial charge in [0.05, 0.1) is 12.7 Å². The van der Waals surface area contributed by atoms with Crippen molar-refractivity contribution in [2.24, 2.45) is 0 Å². The highest BCUT2D eigenvalue weighted by Gasteiger charge is 2.25. The van der Waals surface area contributed by atoms with E-state index in [2.05, 4.69) is 0 Å². The summed E-state index contributed by atoms with van der Waals surface area (Å²) in [6.07, 6.45) is 0. The van der Waals surface area contributed by atoms with Crippen LogP contribution >= 0.6 is 0 Å². The lowest BCUT2D eigenvalue weighted by Gasteiger charge is -2.21. The molecule has 0 saturated carbocycles. The molecule has 0 radical (unpaired) electrons. The molecular formula is C12H17NO2. The van der Waals surface area contributed by atoms with Gasteiger partial charge < -0.3 is 9.94 Å². The third-order valence-corrected chi connectivity index (χ3v) is 2.01. The fourth-order valence-electron chi connectivity index (χ4n) is 1.20. The molecular weight excluding hydrogens is 190 g/mol. The second-order valence-electron chi connectivity index (χ2n) is 4.34. The van der Waals surface area contributed by atoms with Crippen molar-refractivity contribution in [3.05, 3.63) is 41.1 Å². The smallest absolute Gasteiger partial charge is 0.381 e. The van der Waals surface area contributed by atoms with Crippen LogP contribution in [-0.4, -0.2) is 23.3 Å². The molecule has 0 N–H and O–H groups in total. The van der Waals surface area contributed by atoms with E-state index in [1.807, 2.05) is 51.1 Å². The van der Waals surface area contributed by atoms with Crippen LogP contribution in [0.5, 0.6) is 0 Å². The predicted octanol–water partition coefficient (Wildman–Crippen LogP) is 2.39. The largest absolute Gasteiger partial charge is 0.621 e. The van der Waals surface area contributed by atoms with Crippen LogP contribution in [0.15, 0.2) is 30.3 Å². The Hall–Kier alpha value is -1.51. The first-order valence-corrected chi connectivity index (χ1v) is 4.90. The molecule has 0 heterocycles. The maximum absolute atomic E-state index is 12.0. The van der Waals surface area contributed by atoms with E-state index in [0.29, 0.717) is 5.90 Å².